The maximum absolute atomic E-state index is 12.6. The molecule has 1 N–H and O–H groups in total. The smallest absolute Gasteiger partial charge is 0.338 e. The second kappa shape index (κ2) is 8.40. The Labute approximate surface area is 188 Å². The van der Waals surface area contributed by atoms with Gasteiger partial charge in [-0.2, -0.15) is 0 Å². The first kappa shape index (κ1) is 22.0. The van der Waals surface area contributed by atoms with Crippen LogP contribution in [0.25, 0.3) is 0 Å². The maximum atomic E-state index is 12.6. The molecule has 0 aromatic heterocycles. The van der Waals surface area contributed by atoms with Gasteiger partial charge in [-0.3, -0.25) is 9.59 Å². The molecular formula is C21H19N3O6S2. The lowest BCUT2D eigenvalue weighted by molar-refractivity contribution is -0.123. The molecule has 0 spiro atoms. The minimum Gasteiger partial charge on any atom is -0.449 e. The van der Waals surface area contributed by atoms with Gasteiger partial charge in [0.2, 0.25) is 0 Å². The average Bonchev–Trinajstić information content (AvgIpc) is 3.09. The van der Waals surface area contributed by atoms with E-state index in [2.05, 4.69) is 9.71 Å². The van der Waals surface area contributed by atoms with Crippen LogP contribution in [0.3, 0.4) is 0 Å². The van der Waals surface area contributed by atoms with Gasteiger partial charge in [0.25, 0.3) is 15.9 Å². The molecule has 0 saturated heterocycles. The number of hydrogen-bond donors (Lipinski definition) is 1. The van der Waals surface area contributed by atoms with Crippen molar-refractivity contribution in [3.63, 3.8) is 0 Å². The van der Waals surface area contributed by atoms with E-state index in [1.165, 1.54) is 13.8 Å². The first-order chi connectivity index (χ1) is 15.1. The monoisotopic (exact) mass is 473 g/mol. The number of ether oxygens (including phenoxy) is 1. The second-order valence-electron chi connectivity index (χ2n) is 7.23. The number of carbonyl (C=O) groups is 3. The summed E-state index contributed by atoms with van der Waals surface area (Å²) in [4.78, 5) is 39.3. The van der Waals surface area contributed by atoms with Crippen LogP contribution in [0.4, 0.5) is 11.4 Å². The maximum Gasteiger partial charge on any atom is 0.338 e. The van der Waals surface area contributed by atoms with Gasteiger partial charge in [0.05, 0.1) is 22.7 Å². The summed E-state index contributed by atoms with van der Waals surface area (Å²) in [5.74, 6) is -1.54. The molecule has 0 aliphatic carbocycles. The molecular weight excluding hydrogens is 454 g/mol. The molecule has 2 heterocycles. The number of amides is 1. The van der Waals surface area contributed by atoms with Gasteiger partial charge in [0.1, 0.15) is 0 Å². The highest BCUT2D eigenvalue weighted by Gasteiger charge is 2.33. The van der Waals surface area contributed by atoms with Crippen LogP contribution in [0.2, 0.25) is 0 Å². The van der Waals surface area contributed by atoms with E-state index in [9.17, 15) is 22.8 Å². The molecule has 0 bridgehead atoms. The number of para-hydroxylation sites is 1. The van der Waals surface area contributed by atoms with Crippen LogP contribution in [0.5, 0.6) is 0 Å². The van der Waals surface area contributed by atoms with Crippen molar-refractivity contribution < 1.29 is 27.5 Å². The van der Waals surface area contributed by atoms with Crippen molar-refractivity contribution in [2.45, 2.75) is 24.8 Å². The fraction of sp³-hybridized carbons (Fsp3) is 0.238. The van der Waals surface area contributed by atoms with Crippen molar-refractivity contribution in [3.8, 4) is 0 Å². The molecule has 11 heteroatoms. The highest BCUT2D eigenvalue weighted by molar-refractivity contribution is 8.15. The number of nitrogens with one attached hydrogen (secondary N) is 1. The van der Waals surface area contributed by atoms with Crippen molar-refractivity contribution >= 4 is 56.0 Å². The summed E-state index contributed by atoms with van der Waals surface area (Å²) in [5, 5.41) is 2.97. The number of rotatable bonds is 5. The summed E-state index contributed by atoms with van der Waals surface area (Å²) in [5.41, 5.74) is 1.70. The first-order valence-electron chi connectivity index (χ1n) is 9.68. The summed E-state index contributed by atoms with van der Waals surface area (Å²) < 4.78 is 32.5. The zero-order valence-corrected chi connectivity index (χ0v) is 18.8. The van der Waals surface area contributed by atoms with Crippen LogP contribution in [-0.4, -0.2) is 49.6 Å². The molecule has 1 unspecified atom stereocenters. The minimum absolute atomic E-state index is 0.0698. The van der Waals surface area contributed by atoms with Crippen molar-refractivity contribution in [2.24, 2.45) is 4.40 Å². The fourth-order valence-corrected chi connectivity index (χ4v) is 5.57. The lowest BCUT2D eigenvalue weighted by Gasteiger charge is -2.22. The molecule has 4 rings (SSSR count). The molecule has 1 amide bonds. The van der Waals surface area contributed by atoms with Gasteiger partial charge in [0.15, 0.2) is 17.1 Å². The molecule has 2 aromatic rings. The largest absolute Gasteiger partial charge is 0.449 e. The lowest BCUT2D eigenvalue weighted by Crippen LogP contribution is -2.35. The minimum atomic E-state index is -3.47. The van der Waals surface area contributed by atoms with E-state index in [4.69, 9.17) is 4.74 Å². The van der Waals surface area contributed by atoms with E-state index in [-0.39, 0.29) is 17.1 Å². The van der Waals surface area contributed by atoms with Gasteiger partial charge < -0.3 is 15.0 Å². The number of benzene rings is 2. The third-order valence-corrected chi connectivity index (χ3v) is 7.23. The third kappa shape index (κ3) is 4.39. The SMILES string of the molecule is CC(=O)c1ccccc1NC(=O)C(C)OC(=O)c1ccc2c(c1)SC1=NS(=O)(=O)CCN12. The van der Waals surface area contributed by atoms with Crippen molar-refractivity contribution in [2.75, 3.05) is 22.5 Å². The van der Waals surface area contributed by atoms with Crippen LogP contribution in [0.1, 0.15) is 34.6 Å². The second-order valence-corrected chi connectivity index (χ2v) is 10.00. The number of carbonyl (C=O) groups excluding carboxylic acids is 3. The van der Waals surface area contributed by atoms with Gasteiger partial charge in [-0.15, -0.1) is 4.40 Å². The summed E-state index contributed by atoms with van der Waals surface area (Å²) in [6, 6.07) is 11.4. The van der Waals surface area contributed by atoms with E-state index in [1.807, 2.05) is 0 Å². The Morgan fingerprint density at radius 3 is 2.69 bits per heavy atom. The van der Waals surface area contributed by atoms with Crippen molar-refractivity contribution in [1.29, 1.82) is 0 Å². The molecule has 1 atom stereocenters. The molecule has 32 heavy (non-hydrogen) atoms. The third-order valence-electron chi connectivity index (χ3n) is 4.93. The van der Waals surface area contributed by atoms with Crippen molar-refractivity contribution in [1.82, 2.24) is 0 Å². The topological polar surface area (TPSA) is 122 Å². The van der Waals surface area contributed by atoms with E-state index in [0.29, 0.717) is 27.9 Å². The van der Waals surface area contributed by atoms with Crippen LogP contribution in [0, 0.1) is 0 Å². The number of esters is 1. The number of nitrogens with zero attached hydrogens (tertiary/aromatic N) is 2. The lowest BCUT2D eigenvalue weighted by atomic mass is 10.1. The molecule has 166 valence electrons. The van der Waals surface area contributed by atoms with Crippen molar-refractivity contribution in [3.05, 3.63) is 53.6 Å². The van der Waals surface area contributed by atoms with Crippen LogP contribution in [0.15, 0.2) is 51.8 Å². The summed E-state index contributed by atoms with van der Waals surface area (Å²) in [6.07, 6.45) is -1.11. The molecule has 2 aliphatic heterocycles. The Kier molecular flexibility index (Phi) is 5.78. The van der Waals surface area contributed by atoms with Gasteiger partial charge in [-0.05, 0) is 55.9 Å². The Bertz CT molecular complexity index is 1270. The zero-order chi connectivity index (χ0) is 23.0. The standard InChI is InChI=1S/C21H19N3O6S2/c1-12(25)15-5-3-4-6-16(15)22-19(26)13(2)30-20(27)14-7-8-17-18(11-14)31-21-23-32(28,29)10-9-24(17)21/h3-8,11,13H,9-10H2,1-2H3,(H,22,26). The fourth-order valence-electron chi connectivity index (χ4n) is 3.27. The number of fused-ring (bicyclic) bond motifs is 3. The predicted molar refractivity (Wildman–Crippen MR) is 121 cm³/mol. The van der Waals surface area contributed by atoms with E-state index < -0.39 is 28.0 Å². The van der Waals surface area contributed by atoms with E-state index in [1.54, 1.807) is 47.4 Å². The number of anilines is 2. The quantitative estimate of drug-likeness (QED) is 0.520. The Morgan fingerprint density at radius 1 is 1.19 bits per heavy atom. The summed E-state index contributed by atoms with van der Waals surface area (Å²) >= 11 is 1.16. The highest BCUT2D eigenvalue weighted by atomic mass is 32.2. The van der Waals surface area contributed by atoms with E-state index >= 15 is 0 Å². The van der Waals surface area contributed by atoms with Gasteiger partial charge in [-0.1, -0.05) is 12.1 Å². The predicted octanol–water partition coefficient (Wildman–Crippen LogP) is 2.68. The molecule has 9 nitrogen and oxygen atoms in total. The average molecular weight is 474 g/mol. The molecule has 0 saturated carbocycles. The molecule has 0 fully saturated rings. The zero-order valence-electron chi connectivity index (χ0n) is 17.2. The van der Waals surface area contributed by atoms with E-state index in [0.717, 1.165) is 17.4 Å². The number of thioether (sulfide) groups is 1. The summed E-state index contributed by atoms with van der Waals surface area (Å²) in [6.45, 7) is 3.13. The number of Topliss-reactive ketones (excluding diaryl/α,β-unsaturated/α-hetero) is 1. The number of ketones is 1. The highest BCUT2D eigenvalue weighted by Crippen LogP contribution is 2.42. The van der Waals surface area contributed by atoms with Crippen LogP contribution >= 0.6 is 11.8 Å². The number of amidine groups is 1. The van der Waals surface area contributed by atoms with Crippen LogP contribution < -0.4 is 10.2 Å². The Balaban J connectivity index is 1.45. The Hall–Kier alpha value is -3.18. The molecule has 2 aliphatic rings. The van der Waals surface area contributed by atoms with Crippen LogP contribution in [-0.2, 0) is 19.6 Å². The molecule has 0 radical (unpaired) electrons. The number of sulfonamides is 1. The molecule has 2 aromatic carbocycles. The number of hydrogen-bond acceptors (Lipinski definition) is 8. The normalized spacial score (nSPS) is 16.9. The summed E-state index contributed by atoms with van der Waals surface area (Å²) in [7, 11) is -3.47. The first-order valence-corrected chi connectivity index (χ1v) is 12.1. The van der Waals surface area contributed by atoms with Gasteiger partial charge in [0, 0.05) is 17.0 Å². The van der Waals surface area contributed by atoms with Gasteiger partial charge >= 0.3 is 5.97 Å². The van der Waals surface area contributed by atoms with Gasteiger partial charge in [-0.25, -0.2) is 13.2 Å². The Morgan fingerprint density at radius 2 is 1.94 bits per heavy atom.